The van der Waals surface area contributed by atoms with Gasteiger partial charge in [0.1, 0.15) is 23.3 Å². The molecule has 0 unspecified atom stereocenters. The van der Waals surface area contributed by atoms with Crippen LogP contribution in [0.25, 0.3) is 0 Å². The largest absolute Gasteiger partial charge is 0.354 e. The number of aryl methyl sites for hydroxylation is 2. The Kier molecular flexibility index (Phi) is 6.03. The van der Waals surface area contributed by atoms with Gasteiger partial charge in [-0.2, -0.15) is 9.57 Å². The van der Waals surface area contributed by atoms with Crippen molar-refractivity contribution < 1.29 is 8.42 Å². The van der Waals surface area contributed by atoms with Crippen LogP contribution in [0.3, 0.4) is 0 Å². The predicted octanol–water partition coefficient (Wildman–Crippen LogP) is 2.61. The van der Waals surface area contributed by atoms with Crippen LogP contribution in [-0.2, 0) is 10.0 Å². The molecule has 4 rings (SSSR count). The molecule has 1 aliphatic heterocycles. The summed E-state index contributed by atoms with van der Waals surface area (Å²) in [4.78, 5) is 15.5. The second kappa shape index (κ2) is 8.90. The number of hydrogen-bond acceptors (Lipinski definition) is 8. The normalized spacial score (nSPS) is 14.7. The number of nitrogens with zero attached hydrogens (tertiary/aromatic N) is 6. The summed E-state index contributed by atoms with van der Waals surface area (Å²) in [5.74, 6) is 2.69. The molecule has 1 aliphatic rings. The lowest BCUT2D eigenvalue weighted by atomic mass is 10.2. The van der Waals surface area contributed by atoms with Crippen LogP contribution < -0.4 is 10.2 Å². The summed E-state index contributed by atoms with van der Waals surface area (Å²) in [6, 6.07) is 13.7. The molecular formula is C22H23N7O2S. The topological polar surface area (TPSA) is 115 Å². The molecule has 1 aromatic carbocycles. The van der Waals surface area contributed by atoms with Gasteiger partial charge in [0.15, 0.2) is 0 Å². The molecule has 0 bridgehead atoms. The van der Waals surface area contributed by atoms with E-state index < -0.39 is 10.0 Å². The molecule has 0 aliphatic carbocycles. The van der Waals surface area contributed by atoms with Crippen molar-refractivity contribution in [3.8, 4) is 6.07 Å². The number of piperazine rings is 1. The zero-order chi connectivity index (χ0) is 22.7. The van der Waals surface area contributed by atoms with Crippen LogP contribution in [0.4, 0.5) is 17.5 Å². The number of rotatable bonds is 5. The minimum atomic E-state index is -3.61. The third-order valence-corrected chi connectivity index (χ3v) is 7.09. The number of sulfonamides is 1. The second-order valence-electron chi connectivity index (χ2n) is 7.53. The fraction of sp³-hybridized carbons (Fsp3) is 0.273. The molecule has 10 heteroatoms. The van der Waals surface area contributed by atoms with Gasteiger partial charge in [-0.25, -0.2) is 23.4 Å². The molecule has 3 aromatic rings. The molecule has 0 saturated carbocycles. The van der Waals surface area contributed by atoms with E-state index in [1.54, 1.807) is 6.20 Å². The van der Waals surface area contributed by atoms with Crippen molar-refractivity contribution in [1.29, 1.82) is 5.26 Å². The molecule has 3 heterocycles. The van der Waals surface area contributed by atoms with Gasteiger partial charge in [0.25, 0.3) is 0 Å². The van der Waals surface area contributed by atoms with Gasteiger partial charge >= 0.3 is 0 Å². The molecule has 164 valence electrons. The van der Waals surface area contributed by atoms with Gasteiger partial charge < -0.3 is 10.2 Å². The SMILES string of the molecule is Cc1ccnc(Nc2cc(N3CCN(S(=O)(=O)c4ccc(C#N)cc4)CC3)nc(C)n2)c1. The van der Waals surface area contributed by atoms with E-state index in [0.717, 1.165) is 11.4 Å². The number of aromatic nitrogens is 3. The average Bonchev–Trinajstić information content (AvgIpc) is 2.79. The molecule has 1 fully saturated rings. The van der Waals surface area contributed by atoms with Gasteiger partial charge in [0.05, 0.1) is 16.5 Å². The number of nitriles is 1. The van der Waals surface area contributed by atoms with E-state index in [4.69, 9.17) is 5.26 Å². The van der Waals surface area contributed by atoms with Crippen LogP contribution in [0, 0.1) is 25.2 Å². The van der Waals surface area contributed by atoms with E-state index in [9.17, 15) is 8.42 Å². The fourth-order valence-corrected chi connectivity index (χ4v) is 4.94. The van der Waals surface area contributed by atoms with Crippen LogP contribution in [-0.4, -0.2) is 53.9 Å². The molecule has 0 amide bonds. The van der Waals surface area contributed by atoms with E-state index in [0.29, 0.717) is 49.2 Å². The first-order valence-corrected chi connectivity index (χ1v) is 11.6. The Balaban J connectivity index is 1.47. The summed E-state index contributed by atoms with van der Waals surface area (Å²) in [6.07, 6.45) is 1.74. The first-order chi connectivity index (χ1) is 15.3. The molecule has 32 heavy (non-hydrogen) atoms. The monoisotopic (exact) mass is 449 g/mol. The Morgan fingerprint density at radius 1 is 0.969 bits per heavy atom. The highest BCUT2D eigenvalue weighted by atomic mass is 32.2. The summed E-state index contributed by atoms with van der Waals surface area (Å²) in [6.45, 7) is 5.52. The van der Waals surface area contributed by atoms with E-state index >= 15 is 0 Å². The highest BCUT2D eigenvalue weighted by molar-refractivity contribution is 7.89. The third-order valence-electron chi connectivity index (χ3n) is 5.18. The van der Waals surface area contributed by atoms with Gasteiger partial charge in [-0.15, -0.1) is 0 Å². The van der Waals surface area contributed by atoms with E-state index in [1.165, 1.54) is 28.6 Å². The van der Waals surface area contributed by atoms with Crippen LogP contribution in [0.2, 0.25) is 0 Å². The molecule has 0 spiro atoms. The van der Waals surface area contributed by atoms with Crippen LogP contribution in [0.1, 0.15) is 17.0 Å². The molecule has 1 saturated heterocycles. The van der Waals surface area contributed by atoms with Gasteiger partial charge in [0.2, 0.25) is 10.0 Å². The summed E-state index contributed by atoms with van der Waals surface area (Å²) in [7, 11) is -3.61. The minimum Gasteiger partial charge on any atom is -0.354 e. The Labute approximate surface area is 187 Å². The average molecular weight is 450 g/mol. The maximum Gasteiger partial charge on any atom is 0.243 e. The minimum absolute atomic E-state index is 0.194. The number of nitrogens with one attached hydrogen (secondary N) is 1. The quantitative estimate of drug-likeness (QED) is 0.632. The van der Waals surface area contributed by atoms with Crippen molar-refractivity contribution in [3.05, 3.63) is 65.6 Å². The maximum atomic E-state index is 13.0. The highest BCUT2D eigenvalue weighted by Gasteiger charge is 2.29. The number of benzene rings is 1. The molecule has 0 radical (unpaired) electrons. The molecular weight excluding hydrogens is 426 g/mol. The van der Waals surface area contributed by atoms with Crippen molar-refractivity contribution in [3.63, 3.8) is 0 Å². The van der Waals surface area contributed by atoms with Gasteiger partial charge in [-0.1, -0.05) is 0 Å². The van der Waals surface area contributed by atoms with Crippen molar-refractivity contribution >= 4 is 27.5 Å². The lowest BCUT2D eigenvalue weighted by Gasteiger charge is -2.34. The molecule has 2 aromatic heterocycles. The van der Waals surface area contributed by atoms with E-state index in [1.807, 2.05) is 43.0 Å². The standard InChI is InChI=1S/C22H23N7O2S/c1-16-7-8-24-20(13-16)27-21-14-22(26-17(2)25-21)28-9-11-29(12-10-28)32(30,31)19-5-3-18(15-23)4-6-19/h3-8,13-14H,9-12H2,1-2H3,(H,24,25,26,27). The summed E-state index contributed by atoms with van der Waals surface area (Å²) < 4.78 is 27.4. The van der Waals surface area contributed by atoms with Crippen LogP contribution >= 0.6 is 0 Å². The maximum absolute atomic E-state index is 13.0. The number of hydrogen-bond donors (Lipinski definition) is 1. The highest BCUT2D eigenvalue weighted by Crippen LogP contribution is 2.23. The van der Waals surface area contributed by atoms with E-state index in [-0.39, 0.29) is 4.90 Å². The molecule has 0 atom stereocenters. The number of pyridine rings is 1. The first-order valence-electron chi connectivity index (χ1n) is 10.2. The zero-order valence-corrected chi connectivity index (χ0v) is 18.7. The summed E-state index contributed by atoms with van der Waals surface area (Å²) in [5, 5.41) is 12.1. The Morgan fingerprint density at radius 3 is 2.34 bits per heavy atom. The van der Waals surface area contributed by atoms with Gasteiger partial charge in [0, 0.05) is 38.4 Å². The van der Waals surface area contributed by atoms with Crippen molar-refractivity contribution in [1.82, 2.24) is 19.3 Å². The molecule has 1 N–H and O–H groups in total. The fourth-order valence-electron chi connectivity index (χ4n) is 3.52. The van der Waals surface area contributed by atoms with E-state index in [2.05, 4.69) is 20.3 Å². The lowest BCUT2D eigenvalue weighted by Crippen LogP contribution is -2.49. The lowest BCUT2D eigenvalue weighted by molar-refractivity contribution is 0.383. The Hall–Kier alpha value is -3.55. The smallest absolute Gasteiger partial charge is 0.243 e. The third kappa shape index (κ3) is 4.69. The zero-order valence-electron chi connectivity index (χ0n) is 17.9. The van der Waals surface area contributed by atoms with Gasteiger partial charge in [-0.05, 0) is 55.8 Å². The Bertz CT molecular complexity index is 1260. The van der Waals surface area contributed by atoms with Gasteiger partial charge in [-0.3, -0.25) is 0 Å². The summed E-state index contributed by atoms with van der Waals surface area (Å²) in [5.41, 5.74) is 1.52. The van der Waals surface area contributed by atoms with Crippen LogP contribution in [0.15, 0.2) is 53.6 Å². The van der Waals surface area contributed by atoms with Crippen molar-refractivity contribution in [2.45, 2.75) is 18.7 Å². The van der Waals surface area contributed by atoms with Crippen molar-refractivity contribution in [2.75, 3.05) is 36.4 Å². The first kappa shape index (κ1) is 21.7. The van der Waals surface area contributed by atoms with Crippen molar-refractivity contribution in [2.24, 2.45) is 0 Å². The summed E-state index contributed by atoms with van der Waals surface area (Å²) >= 11 is 0. The molecule has 9 nitrogen and oxygen atoms in total. The predicted molar refractivity (Wildman–Crippen MR) is 121 cm³/mol. The van der Waals surface area contributed by atoms with Crippen LogP contribution in [0.5, 0.6) is 0 Å². The Morgan fingerprint density at radius 2 is 1.69 bits per heavy atom. The second-order valence-corrected chi connectivity index (χ2v) is 9.47. The number of anilines is 3.